The van der Waals surface area contributed by atoms with Crippen LogP contribution in [0.15, 0.2) is 52.0 Å². The zero-order valence-electron chi connectivity index (χ0n) is 12.9. The number of benzene rings is 2. The van der Waals surface area contributed by atoms with Gasteiger partial charge in [-0.05, 0) is 29.8 Å². The van der Waals surface area contributed by atoms with Crippen LogP contribution in [0.4, 0.5) is 0 Å². The lowest BCUT2D eigenvalue weighted by molar-refractivity contribution is 0.296. The summed E-state index contributed by atoms with van der Waals surface area (Å²) >= 11 is 0. The van der Waals surface area contributed by atoms with Gasteiger partial charge in [0.05, 0.1) is 11.4 Å². The normalized spacial score (nSPS) is 12.1. The summed E-state index contributed by atoms with van der Waals surface area (Å²) in [5.74, 6) is 0. The van der Waals surface area contributed by atoms with Crippen LogP contribution in [0.25, 0.3) is 10.8 Å². The van der Waals surface area contributed by atoms with Crippen molar-refractivity contribution < 1.29 is 13.0 Å². The van der Waals surface area contributed by atoms with E-state index in [0.29, 0.717) is 17.9 Å². The average molecular weight is 331 g/mol. The third-order valence-corrected chi connectivity index (χ3v) is 5.70. The second kappa shape index (κ2) is 6.10. The lowest BCUT2D eigenvalue weighted by atomic mass is 10.1. The van der Waals surface area contributed by atoms with Crippen molar-refractivity contribution in [1.29, 1.82) is 0 Å². The van der Waals surface area contributed by atoms with Crippen molar-refractivity contribution in [1.82, 2.24) is 14.6 Å². The summed E-state index contributed by atoms with van der Waals surface area (Å²) in [6.07, 6.45) is 0. The van der Waals surface area contributed by atoms with E-state index in [9.17, 15) is 8.42 Å². The van der Waals surface area contributed by atoms with E-state index in [-0.39, 0.29) is 11.4 Å². The topological polar surface area (TPSA) is 76.3 Å². The molecule has 2 aromatic carbocycles. The van der Waals surface area contributed by atoms with Gasteiger partial charge in [-0.25, -0.2) is 13.0 Å². The molecule has 3 aromatic rings. The Balaban J connectivity index is 1.98. The van der Waals surface area contributed by atoms with Gasteiger partial charge in [0, 0.05) is 6.54 Å². The van der Waals surface area contributed by atoms with Crippen LogP contribution in [-0.2, 0) is 16.6 Å². The summed E-state index contributed by atoms with van der Waals surface area (Å²) in [5, 5.41) is 9.36. The summed E-state index contributed by atoms with van der Waals surface area (Å²) in [6, 6.07) is 12.8. The molecule has 0 fully saturated rings. The standard InChI is InChI=1S/C16H17N3O3S/c1-3-19(11-16-12(2)17-22-18-16)23(20,21)15-9-8-13-6-4-5-7-14(13)10-15/h4-10H,3,11H2,1-2H3. The number of aryl methyl sites for hydroxylation is 1. The first kappa shape index (κ1) is 15.6. The van der Waals surface area contributed by atoms with Crippen molar-refractivity contribution in [3.05, 3.63) is 53.9 Å². The van der Waals surface area contributed by atoms with Gasteiger partial charge in [0.25, 0.3) is 0 Å². The lowest BCUT2D eigenvalue weighted by Gasteiger charge is -2.19. The molecular weight excluding hydrogens is 314 g/mol. The Morgan fingerprint density at radius 3 is 2.48 bits per heavy atom. The monoisotopic (exact) mass is 331 g/mol. The predicted molar refractivity (Wildman–Crippen MR) is 86.3 cm³/mol. The fraction of sp³-hybridized carbons (Fsp3) is 0.250. The second-order valence-electron chi connectivity index (χ2n) is 5.24. The second-order valence-corrected chi connectivity index (χ2v) is 7.17. The van der Waals surface area contributed by atoms with Gasteiger partial charge in [-0.15, -0.1) is 0 Å². The molecule has 23 heavy (non-hydrogen) atoms. The van der Waals surface area contributed by atoms with Crippen molar-refractivity contribution in [3.8, 4) is 0 Å². The van der Waals surface area contributed by atoms with Gasteiger partial charge in [-0.2, -0.15) is 4.31 Å². The molecule has 0 aliphatic carbocycles. The van der Waals surface area contributed by atoms with Gasteiger partial charge < -0.3 is 0 Å². The van der Waals surface area contributed by atoms with E-state index in [1.807, 2.05) is 30.3 Å². The number of sulfonamides is 1. The van der Waals surface area contributed by atoms with Crippen LogP contribution in [0.5, 0.6) is 0 Å². The predicted octanol–water partition coefficient (Wildman–Crippen LogP) is 2.74. The summed E-state index contributed by atoms with van der Waals surface area (Å²) in [6.45, 7) is 4.01. The van der Waals surface area contributed by atoms with Crippen LogP contribution in [0.3, 0.4) is 0 Å². The van der Waals surface area contributed by atoms with E-state index in [1.165, 1.54) is 4.31 Å². The molecule has 0 spiro atoms. The lowest BCUT2D eigenvalue weighted by Crippen LogP contribution is -2.30. The third-order valence-electron chi connectivity index (χ3n) is 3.78. The molecule has 0 aliphatic rings. The molecule has 0 amide bonds. The molecule has 0 unspecified atom stereocenters. The van der Waals surface area contributed by atoms with Crippen LogP contribution in [0, 0.1) is 6.92 Å². The highest BCUT2D eigenvalue weighted by Gasteiger charge is 2.25. The van der Waals surface area contributed by atoms with E-state index in [2.05, 4.69) is 14.9 Å². The van der Waals surface area contributed by atoms with Crippen molar-refractivity contribution in [2.75, 3.05) is 6.54 Å². The quantitative estimate of drug-likeness (QED) is 0.718. The van der Waals surface area contributed by atoms with Gasteiger partial charge in [0.2, 0.25) is 10.0 Å². The summed E-state index contributed by atoms with van der Waals surface area (Å²) in [5.41, 5.74) is 1.12. The van der Waals surface area contributed by atoms with Crippen molar-refractivity contribution in [2.24, 2.45) is 0 Å². The number of nitrogens with zero attached hydrogens (tertiary/aromatic N) is 3. The minimum atomic E-state index is -3.61. The Kier molecular flexibility index (Phi) is 4.14. The van der Waals surface area contributed by atoms with Gasteiger partial charge in [0.1, 0.15) is 11.4 Å². The highest BCUT2D eigenvalue weighted by Crippen LogP contribution is 2.23. The molecule has 0 N–H and O–H groups in total. The highest BCUT2D eigenvalue weighted by molar-refractivity contribution is 7.89. The summed E-state index contributed by atoms with van der Waals surface area (Å²) < 4.78 is 31.8. The molecule has 120 valence electrons. The third kappa shape index (κ3) is 2.97. The molecule has 0 bridgehead atoms. The maximum Gasteiger partial charge on any atom is 0.243 e. The zero-order valence-corrected chi connectivity index (χ0v) is 13.7. The first-order valence-electron chi connectivity index (χ1n) is 7.29. The molecule has 0 atom stereocenters. The molecule has 3 rings (SSSR count). The minimum absolute atomic E-state index is 0.140. The van der Waals surface area contributed by atoms with Crippen molar-refractivity contribution in [2.45, 2.75) is 25.3 Å². The van der Waals surface area contributed by atoms with Crippen LogP contribution >= 0.6 is 0 Å². The number of aromatic nitrogens is 2. The SMILES string of the molecule is CCN(Cc1nonc1C)S(=O)(=O)c1ccc2ccccc2c1. The minimum Gasteiger partial charge on any atom is -0.244 e. The first-order chi connectivity index (χ1) is 11.0. The molecule has 7 heteroatoms. The van der Waals surface area contributed by atoms with Gasteiger partial charge >= 0.3 is 0 Å². The molecule has 1 aromatic heterocycles. The van der Waals surface area contributed by atoms with Crippen LogP contribution in [0.1, 0.15) is 18.3 Å². The van der Waals surface area contributed by atoms with E-state index >= 15 is 0 Å². The Labute approximate surface area is 134 Å². The van der Waals surface area contributed by atoms with E-state index in [1.54, 1.807) is 26.0 Å². The smallest absolute Gasteiger partial charge is 0.243 e. The largest absolute Gasteiger partial charge is 0.244 e. The summed E-state index contributed by atoms with van der Waals surface area (Å²) in [7, 11) is -3.61. The van der Waals surface area contributed by atoms with Crippen LogP contribution in [-0.4, -0.2) is 29.6 Å². The Bertz CT molecular complexity index is 934. The van der Waals surface area contributed by atoms with Gasteiger partial charge in [0.15, 0.2) is 0 Å². The molecule has 0 saturated carbocycles. The molecule has 0 saturated heterocycles. The van der Waals surface area contributed by atoms with E-state index < -0.39 is 10.0 Å². The average Bonchev–Trinajstić information content (AvgIpc) is 2.96. The highest BCUT2D eigenvalue weighted by atomic mass is 32.2. The van der Waals surface area contributed by atoms with E-state index in [0.717, 1.165) is 10.8 Å². The Morgan fingerprint density at radius 1 is 1.09 bits per heavy atom. The molecule has 1 heterocycles. The fourth-order valence-electron chi connectivity index (χ4n) is 2.40. The van der Waals surface area contributed by atoms with Gasteiger partial charge in [-0.1, -0.05) is 47.6 Å². The van der Waals surface area contributed by atoms with Crippen LogP contribution < -0.4 is 0 Å². The Hall–Kier alpha value is -2.25. The number of fused-ring (bicyclic) bond motifs is 1. The molecular formula is C16H17N3O3S. The van der Waals surface area contributed by atoms with Crippen LogP contribution in [0.2, 0.25) is 0 Å². The number of hydrogen-bond acceptors (Lipinski definition) is 5. The molecule has 6 nitrogen and oxygen atoms in total. The van der Waals surface area contributed by atoms with Gasteiger partial charge in [-0.3, -0.25) is 0 Å². The first-order valence-corrected chi connectivity index (χ1v) is 8.73. The maximum atomic E-state index is 12.9. The molecule has 0 radical (unpaired) electrons. The maximum absolute atomic E-state index is 12.9. The number of hydrogen-bond donors (Lipinski definition) is 0. The van der Waals surface area contributed by atoms with Crippen molar-refractivity contribution in [3.63, 3.8) is 0 Å². The zero-order chi connectivity index (χ0) is 16.4. The summed E-state index contributed by atoms with van der Waals surface area (Å²) in [4.78, 5) is 0.271. The Morgan fingerprint density at radius 2 is 1.83 bits per heavy atom. The van der Waals surface area contributed by atoms with Crippen molar-refractivity contribution >= 4 is 20.8 Å². The fourth-order valence-corrected chi connectivity index (χ4v) is 3.85. The number of rotatable bonds is 5. The molecule has 0 aliphatic heterocycles. The van der Waals surface area contributed by atoms with E-state index in [4.69, 9.17) is 0 Å².